The third-order valence-electron chi connectivity index (χ3n) is 4.40. The smallest absolute Gasteiger partial charge is 0.119 e. The molecule has 3 nitrogen and oxygen atoms in total. The molecular formula is C19H31NO2. The van der Waals surface area contributed by atoms with Gasteiger partial charge in [-0.05, 0) is 41.9 Å². The topological polar surface area (TPSA) is 32.7 Å². The van der Waals surface area contributed by atoms with Gasteiger partial charge in [0.2, 0.25) is 0 Å². The molecule has 1 fully saturated rings. The zero-order valence-electron chi connectivity index (χ0n) is 14.5. The Balaban J connectivity index is 1.76. The molecule has 0 radical (unpaired) electrons. The quantitative estimate of drug-likeness (QED) is 0.873. The molecule has 0 aromatic heterocycles. The first-order valence-electron chi connectivity index (χ1n) is 8.57. The summed E-state index contributed by atoms with van der Waals surface area (Å²) in [4.78, 5) is 2.37. The van der Waals surface area contributed by atoms with E-state index >= 15 is 0 Å². The van der Waals surface area contributed by atoms with Crippen LogP contribution < -0.4 is 4.74 Å². The Kier molecular flexibility index (Phi) is 6.27. The third-order valence-corrected chi connectivity index (χ3v) is 4.40. The number of aliphatic hydroxyl groups is 1. The largest absolute Gasteiger partial charge is 0.491 e. The molecule has 0 amide bonds. The zero-order valence-corrected chi connectivity index (χ0v) is 14.5. The van der Waals surface area contributed by atoms with Crippen LogP contribution in [0.3, 0.4) is 0 Å². The summed E-state index contributed by atoms with van der Waals surface area (Å²) in [6.45, 7) is 12.2. The molecule has 0 unspecified atom stereocenters. The van der Waals surface area contributed by atoms with Gasteiger partial charge in [0, 0.05) is 19.6 Å². The highest BCUT2D eigenvalue weighted by molar-refractivity contribution is 5.28. The second kappa shape index (κ2) is 7.98. The van der Waals surface area contributed by atoms with Crippen LogP contribution in [0.15, 0.2) is 24.3 Å². The summed E-state index contributed by atoms with van der Waals surface area (Å²) in [5.74, 6) is 2.81. The summed E-state index contributed by atoms with van der Waals surface area (Å²) in [7, 11) is 0. The number of rotatable bonds is 6. The molecule has 1 aliphatic heterocycles. The van der Waals surface area contributed by atoms with Crippen molar-refractivity contribution in [2.75, 3.05) is 26.2 Å². The lowest BCUT2D eigenvalue weighted by Crippen LogP contribution is -2.43. The Hall–Kier alpha value is -1.06. The number of ether oxygens (including phenoxy) is 1. The Morgan fingerprint density at radius 3 is 2.27 bits per heavy atom. The average Bonchev–Trinajstić information content (AvgIpc) is 2.44. The summed E-state index contributed by atoms with van der Waals surface area (Å²) in [6, 6.07) is 8.18. The fourth-order valence-electron chi connectivity index (χ4n) is 3.43. The molecule has 22 heavy (non-hydrogen) atoms. The molecule has 3 atom stereocenters. The molecular weight excluding hydrogens is 274 g/mol. The van der Waals surface area contributed by atoms with Crippen LogP contribution in [-0.4, -0.2) is 42.4 Å². The average molecular weight is 305 g/mol. The lowest BCUT2D eigenvalue weighted by molar-refractivity contribution is 0.0429. The van der Waals surface area contributed by atoms with Gasteiger partial charge in [-0.3, -0.25) is 0 Å². The minimum Gasteiger partial charge on any atom is -0.491 e. The molecule has 0 saturated carbocycles. The number of β-amino-alcohol motifs (C(OH)–C–C–N with tert-alkyl or cyclic N) is 1. The van der Waals surface area contributed by atoms with E-state index in [4.69, 9.17) is 4.74 Å². The van der Waals surface area contributed by atoms with Crippen LogP contribution in [0.2, 0.25) is 0 Å². The number of benzene rings is 1. The lowest BCUT2D eigenvalue weighted by atomic mass is 9.92. The number of hydrogen-bond acceptors (Lipinski definition) is 3. The molecule has 1 heterocycles. The van der Waals surface area contributed by atoms with E-state index in [9.17, 15) is 5.11 Å². The van der Waals surface area contributed by atoms with Gasteiger partial charge in [0.1, 0.15) is 18.5 Å². The van der Waals surface area contributed by atoms with Crippen LogP contribution in [0, 0.1) is 11.8 Å². The summed E-state index contributed by atoms with van der Waals surface area (Å²) in [5, 5.41) is 10.2. The van der Waals surface area contributed by atoms with Crippen molar-refractivity contribution in [2.24, 2.45) is 11.8 Å². The maximum atomic E-state index is 10.2. The SMILES string of the molecule is CC(C)c1ccc(OC[C@@H](O)CN2C[C@H](C)C[C@H](C)C2)cc1. The van der Waals surface area contributed by atoms with E-state index in [0.717, 1.165) is 30.7 Å². The number of piperidine rings is 1. The van der Waals surface area contributed by atoms with Gasteiger partial charge in [-0.25, -0.2) is 0 Å². The highest BCUT2D eigenvalue weighted by Crippen LogP contribution is 2.21. The summed E-state index contributed by atoms with van der Waals surface area (Å²) in [6.07, 6.45) is 0.868. The van der Waals surface area contributed by atoms with Gasteiger partial charge in [-0.15, -0.1) is 0 Å². The number of likely N-dealkylation sites (tertiary alicyclic amines) is 1. The van der Waals surface area contributed by atoms with Crippen LogP contribution >= 0.6 is 0 Å². The fourth-order valence-corrected chi connectivity index (χ4v) is 3.43. The molecule has 1 aromatic rings. The second-order valence-electron chi connectivity index (χ2n) is 7.35. The van der Waals surface area contributed by atoms with Crippen molar-refractivity contribution in [3.8, 4) is 5.75 Å². The predicted octanol–water partition coefficient (Wildman–Crippen LogP) is 3.53. The van der Waals surface area contributed by atoms with Gasteiger partial charge in [0.05, 0.1) is 0 Å². The van der Waals surface area contributed by atoms with Crippen molar-refractivity contribution in [3.63, 3.8) is 0 Å². The van der Waals surface area contributed by atoms with Crippen LogP contribution in [0.4, 0.5) is 0 Å². The summed E-state index contributed by atoms with van der Waals surface area (Å²) < 4.78 is 5.72. The van der Waals surface area contributed by atoms with E-state index < -0.39 is 6.10 Å². The molecule has 1 saturated heterocycles. The minimum atomic E-state index is -0.428. The molecule has 0 aliphatic carbocycles. The third kappa shape index (κ3) is 5.29. The standard InChI is InChI=1S/C19H31NO2/c1-14(2)17-5-7-19(8-6-17)22-13-18(21)12-20-10-15(3)9-16(4)11-20/h5-8,14-16,18,21H,9-13H2,1-4H3/t15-,16+,18-/m0/s1. The first-order valence-corrected chi connectivity index (χ1v) is 8.57. The number of aliphatic hydroxyl groups excluding tert-OH is 1. The van der Waals surface area contributed by atoms with E-state index in [1.807, 2.05) is 12.1 Å². The predicted molar refractivity (Wildman–Crippen MR) is 91.4 cm³/mol. The van der Waals surface area contributed by atoms with Gasteiger partial charge in [0.15, 0.2) is 0 Å². The van der Waals surface area contributed by atoms with Crippen molar-refractivity contribution in [3.05, 3.63) is 29.8 Å². The first-order chi connectivity index (χ1) is 10.4. The fraction of sp³-hybridized carbons (Fsp3) is 0.684. The van der Waals surface area contributed by atoms with E-state index in [2.05, 4.69) is 44.7 Å². The molecule has 124 valence electrons. The molecule has 1 aliphatic rings. The number of nitrogens with zero attached hydrogens (tertiary/aromatic N) is 1. The summed E-state index contributed by atoms with van der Waals surface area (Å²) >= 11 is 0. The Bertz CT molecular complexity index is 433. The Morgan fingerprint density at radius 2 is 1.73 bits per heavy atom. The summed E-state index contributed by atoms with van der Waals surface area (Å²) in [5.41, 5.74) is 1.31. The van der Waals surface area contributed by atoms with E-state index in [0.29, 0.717) is 19.1 Å². The monoisotopic (exact) mass is 305 g/mol. The van der Waals surface area contributed by atoms with Crippen LogP contribution in [0.5, 0.6) is 5.75 Å². The lowest BCUT2D eigenvalue weighted by Gasteiger charge is -2.35. The number of hydrogen-bond donors (Lipinski definition) is 1. The molecule has 2 rings (SSSR count). The second-order valence-corrected chi connectivity index (χ2v) is 7.35. The van der Waals surface area contributed by atoms with E-state index in [1.165, 1.54) is 12.0 Å². The van der Waals surface area contributed by atoms with Gasteiger partial charge in [0.25, 0.3) is 0 Å². The van der Waals surface area contributed by atoms with Gasteiger partial charge in [-0.1, -0.05) is 39.8 Å². The van der Waals surface area contributed by atoms with Crippen molar-refractivity contribution in [2.45, 2.75) is 46.1 Å². The maximum Gasteiger partial charge on any atom is 0.119 e. The first kappa shape index (κ1) is 17.3. The van der Waals surface area contributed by atoms with E-state index in [1.54, 1.807) is 0 Å². The van der Waals surface area contributed by atoms with E-state index in [-0.39, 0.29) is 0 Å². The van der Waals surface area contributed by atoms with Crippen molar-refractivity contribution < 1.29 is 9.84 Å². The molecule has 0 spiro atoms. The Morgan fingerprint density at radius 1 is 1.14 bits per heavy atom. The Labute approximate surface area is 135 Å². The van der Waals surface area contributed by atoms with Crippen LogP contribution in [0.1, 0.15) is 45.6 Å². The van der Waals surface area contributed by atoms with Gasteiger partial charge >= 0.3 is 0 Å². The van der Waals surface area contributed by atoms with Gasteiger partial charge in [-0.2, -0.15) is 0 Å². The molecule has 3 heteroatoms. The highest BCUT2D eigenvalue weighted by Gasteiger charge is 2.23. The van der Waals surface area contributed by atoms with Crippen molar-refractivity contribution >= 4 is 0 Å². The molecule has 1 aromatic carbocycles. The zero-order chi connectivity index (χ0) is 16.1. The normalized spacial score (nSPS) is 24.5. The van der Waals surface area contributed by atoms with Gasteiger partial charge < -0.3 is 14.7 Å². The maximum absolute atomic E-state index is 10.2. The van der Waals surface area contributed by atoms with Crippen molar-refractivity contribution in [1.82, 2.24) is 4.90 Å². The highest BCUT2D eigenvalue weighted by atomic mass is 16.5. The van der Waals surface area contributed by atoms with Crippen LogP contribution in [-0.2, 0) is 0 Å². The molecule has 0 bridgehead atoms. The minimum absolute atomic E-state index is 0.361. The van der Waals surface area contributed by atoms with Crippen LogP contribution in [0.25, 0.3) is 0 Å². The molecule has 1 N–H and O–H groups in total. The van der Waals surface area contributed by atoms with Crippen molar-refractivity contribution in [1.29, 1.82) is 0 Å².